The molecule has 2 aromatic carbocycles. The van der Waals surface area contributed by atoms with Gasteiger partial charge in [-0.3, -0.25) is 9.67 Å². The van der Waals surface area contributed by atoms with Crippen LogP contribution in [0.2, 0.25) is 0 Å². The molecule has 0 atom stereocenters. The van der Waals surface area contributed by atoms with Crippen LogP contribution in [0.3, 0.4) is 0 Å². The molecule has 1 heterocycles. The van der Waals surface area contributed by atoms with Gasteiger partial charge in [0.2, 0.25) is 0 Å². The van der Waals surface area contributed by atoms with Crippen molar-refractivity contribution in [3.63, 3.8) is 0 Å². The molecule has 0 amide bonds. The number of benzene rings is 2. The highest BCUT2D eigenvalue weighted by Gasteiger charge is 2.12. The van der Waals surface area contributed by atoms with Crippen molar-refractivity contribution in [3.05, 3.63) is 59.1 Å². The first-order valence-corrected chi connectivity index (χ1v) is 7.82. The number of hydrogen-bond donors (Lipinski definition) is 1. The molecule has 0 aliphatic rings. The number of alkyl halides is 2. The molecule has 3 nitrogen and oxygen atoms in total. The second-order valence-electron chi connectivity index (χ2n) is 4.57. The van der Waals surface area contributed by atoms with Gasteiger partial charge >= 0.3 is 0 Å². The Balaban J connectivity index is 2.01. The number of aromatic nitrogens is 3. The lowest BCUT2D eigenvalue weighted by Crippen LogP contribution is -1.98. The lowest BCUT2D eigenvalue weighted by molar-refractivity contribution is 0.252. The molecular weight excluding hydrogens is 343 g/mol. The zero-order valence-corrected chi connectivity index (χ0v) is 13.2. The first-order chi connectivity index (χ1) is 11.0. The second kappa shape index (κ2) is 6.59. The van der Waals surface area contributed by atoms with Crippen LogP contribution < -0.4 is 0 Å². The normalized spacial score (nSPS) is 11.1. The largest absolute Gasteiger partial charge is 0.288 e. The number of nitrogens with one attached hydrogen (secondary N) is 1. The van der Waals surface area contributed by atoms with Crippen LogP contribution in [0.25, 0.3) is 17.1 Å². The highest BCUT2D eigenvalue weighted by atomic mass is 32.2. The number of aromatic amines is 1. The standard InChI is InChI=1S/C15H10F3N3S2/c16-10-3-1-9(2-4-10)13-19-20-15(22)21(13)11-5-7-12(8-6-11)23-14(17)18/h1-8,14H,(H,20,22). The third kappa shape index (κ3) is 3.48. The summed E-state index contributed by atoms with van der Waals surface area (Å²) in [6, 6.07) is 12.4. The highest BCUT2D eigenvalue weighted by molar-refractivity contribution is 7.99. The van der Waals surface area contributed by atoms with Gasteiger partial charge in [-0.05, 0) is 60.7 Å². The van der Waals surface area contributed by atoms with Crippen molar-refractivity contribution in [2.45, 2.75) is 10.7 Å². The molecule has 0 aliphatic heterocycles. The molecule has 0 spiro atoms. The van der Waals surface area contributed by atoms with E-state index in [0.29, 0.717) is 38.5 Å². The second-order valence-corrected chi connectivity index (χ2v) is 6.02. The predicted octanol–water partition coefficient (Wildman–Crippen LogP) is 5.05. The van der Waals surface area contributed by atoms with Gasteiger partial charge in [0.05, 0.1) is 5.69 Å². The average Bonchev–Trinajstić information content (AvgIpc) is 2.90. The van der Waals surface area contributed by atoms with Gasteiger partial charge < -0.3 is 0 Å². The Bertz CT molecular complexity index is 855. The molecule has 118 valence electrons. The monoisotopic (exact) mass is 353 g/mol. The summed E-state index contributed by atoms with van der Waals surface area (Å²) in [5.74, 6) is -2.29. The molecule has 0 saturated heterocycles. The topological polar surface area (TPSA) is 33.6 Å². The zero-order valence-electron chi connectivity index (χ0n) is 11.5. The minimum Gasteiger partial charge on any atom is -0.268 e. The van der Waals surface area contributed by atoms with Crippen LogP contribution >= 0.6 is 24.0 Å². The van der Waals surface area contributed by atoms with E-state index in [4.69, 9.17) is 12.2 Å². The van der Waals surface area contributed by atoms with Gasteiger partial charge in [-0.1, -0.05) is 11.8 Å². The number of thioether (sulfide) groups is 1. The van der Waals surface area contributed by atoms with Gasteiger partial charge in [-0.2, -0.15) is 13.9 Å². The van der Waals surface area contributed by atoms with E-state index in [0.717, 1.165) is 0 Å². The van der Waals surface area contributed by atoms with Crippen LogP contribution in [-0.4, -0.2) is 20.5 Å². The number of nitrogens with zero attached hydrogens (tertiary/aromatic N) is 2. The quantitative estimate of drug-likeness (QED) is 0.526. The Morgan fingerprint density at radius 3 is 2.30 bits per heavy atom. The fraction of sp³-hybridized carbons (Fsp3) is 0.0667. The first-order valence-electron chi connectivity index (χ1n) is 6.53. The Kier molecular flexibility index (Phi) is 4.53. The Labute approximate surface area is 139 Å². The number of halogens is 3. The van der Waals surface area contributed by atoms with Gasteiger partial charge in [-0.15, -0.1) is 0 Å². The number of H-pyrrole nitrogens is 1. The first kappa shape index (κ1) is 15.8. The molecule has 0 bridgehead atoms. The predicted molar refractivity (Wildman–Crippen MR) is 86.0 cm³/mol. The van der Waals surface area contributed by atoms with Crippen LogP contribution in [0.1, 0.15) is 0 Å². The van der Waals surface area contributed by atoms with Gasteiger partial charge in [0, 0.05) is 10.5 Å². The molecular formula is C15H10F3N3S2. The molecule has 0 fully saturated rings. The summed E-state index contributed by atoms with van der Waals surface area (Å²) in [5.41, 5.74) is 1.37. The van der Waals surface area contributed by atoms with Crippen molar-refractivity contribution >= 4 is 24.0 Å². The van der Waals surface area contributed by atoms with E-state index in [2.05, 4.69) is 10.2 Å². The minimum atomic E-state index is -2.47. The van der Waals surface area contributed by atoms with Gasteiger partial charge in [0.15, 0.2) is 10.6 Å². The summed E-state index contributed by atoms with van der Waals surface area (Å²) in [6.45, 7) is 0. The molecule has 3 rings (SSSR count). The van der Waals surface area contributed by atoms with E-state index < -0.39 is 5.76 Å². The van der Waals surface area contributed by atoms with E-state index in [1.165, 1.54) is 12.1 Å². The number of hydrogen-bond acceptors (Lipinski definition) is 3. The Hall–Kier alpha value is -2.06. The maximum absolute atomic E-state index is 13.1. The SMILES string of the molecule is Fc1ccc(-c2n[nH]c(=S)n2-c2ccc(SC(F)F)cc2)cc1. The average molecular weight is 353 g/mol. The van der Waals surface area contributed by atoms with Crippen LogP contribution in [-0.2, 0) is 0 Å². The maximum Gasteiger partial charge on any atom is 0.288 e. The summed E-state index contributed by atoms with van der Waals surface area (Å²) in [4.78, 5) is 0.460. The zero-order chi connectivity index (χ0) is 16.4. The third-order valence-electron chi connectivity index (χ3n) is 3.09. The van der Waals surface area contributed by atoms with Crippen molar-refractivity contribution in [3.8, 4) is 17.1 Å². The lowest BCUT2D eigenvalue weighted by atomic mass is 10.2. The van der Waals surface area contributed by atoms with Crippen LogP contribution in [0.15, 0.2) is 53.4 Å². The van der Waals surface area contributed by atoms with Crippen LogP contribution in [0.5, 0.6) is 0 Å². The molecule has 23 heavy (non-hydrogen) atoms. The molecule has 1 N–H and O–H groups in total. The Morgan fingerprint density at radius 1 is 1.04 bits per heavy atom. The van der Waals surface area contributed by atoms with E-state index >= 15 is 0 Å². The summed E-state index contributed by atoms with van der Waals surface area (Å²) in [6.07, 6.45) is 0. The molecule has 0 saturated carbocycles. The maximum atomic E-state index is 13.1. The van der Waals surface area contributed by atoms with Crippen LogP contribution in [0, 0.1) is 10.6 Å². The van der Waals surface area contributed by atoms with E-state index in [-0.39, 0.29) is 5.82 Å². The van der Waals surface area contributed by atoms with E-state index in [9.17, 15) is 13.2 Å². The van der Waals surface area contributed by atoms with Gasteiger partial charge in [0.1, 0.15) is 5.82 Å². The summed E-state index contributed by atoms with van der Waals surface area (Å²) >= 11 is 5.71. The molecule has 1 aromatic heterocycles. The summed E-state index contributed by atoms with van der Waals surface area (Å²) in [7, 11) is 0. The van der Waals surface area contributed by atoms with Crippen molar-refractivity contribution in [2.75, 3.05) is 0 Å². The van der Waals surface area contributed by atoms with E-state index in [1.807, 2.05) is 0 Å². The fourth-order valence-electron chi connectivity index (χ4n) is 2.11. The van der Waals surface area contributed by atoms with Crippen molar-refractivity contribution in [1.29, 1.82) is 0 Å². The van der Waals surface area contributed by atoms with Gasteiger partial charge in [-0.25, -0.2) is 4.39 Å². The van der Waals surface area contributed by atoms with E-state index in [1.54, 1.807) is 41.0 Å². The number of rotatable bonds is 4. The smallest absolute Gasteiger partial charge is 0.268 e. The molecule has 0 unspecified atom stereocenters. The molecule has 3 aromatic rings. The highest BCUT2D eigenvalue weighted by Crippen LogP contribution is 2.27. The fourth-order valence-corrected chi connectivity index (χ4v) is 2.84. The summed E-state index contributed by atoms with van der Waals surface area (Å²) in [5, 5.41) is 6.85. The van der Waals surface area contributed by atoms with Crippen molar-refractivity contribution in [2.24, 2.45) is 0 Å². The minimum absolute atomic E-state index is 0.345. The molecule has 8 heteroatoms. The van der Waals surface area contributed by atoms with Crippen LogP contribution in [0.4, 0.5) is 13.2 Å². The van der Waals surface area contributed by atoms with Gasteiger partial charge in [0.25, 0.3) is 5.76 Å². The van der Waals surface area contributed by atoms with Crippen molar-refractivity contribution < 1.29 is 13.2 Å². The summed E-state index contributed by atoms with van der Waals surface area (Å²) < 4.78 is 39.8. The molecule has 0 radical (unpaired) electrons. The Morgan fingerprint density at radius 2 is 1.70 bits per heavy atom. The van der Waals surface area contributed by atoms with Crippen molar-refractivity contribution in [1.82, 2.24) is 14.8 Å². The third-order valence-corrected chi connectivity index (χ3v) is 4.09. The molecule has 0 aliphatic carbocycles. The lowest BCUT2D eigenvalue weighted by Gasteiger charge is -2.08.